The van der Waals surface area contributed by atoms with Gasteiger partial charge >= 0.3 is 5.97 Å². The van der Waals surface area contributed by atoms with Crippen LogP contribution in [0.1, 0.15) is 68.3 Å². The maximum absolute atomic E-state index is 14.0. The predicted octanol–water partition coefficient (Wildman–Crippen LogP) is 2.71. The van der Waals surface area contributed by atoms with Gasteiger partial charge in [-0.15, -0.1) is 0 Å². The lowest BCUT2D eigenvalue weighted by molar-refractivity contribution is -0.145. The third kappa shape index (κ3) is 5.63. The topological polar surface area (TPSA) is 133 Å². The molecule has 4 atom stereocenters. The van der Waals surface area contributed by atoms with Gasteiger partial charge in [0.2, 0.25) is 5.91 Å². The number of carbonyl (C=O) groups excluding carboxylic acids is 3. The molecule has 2 aromatic rings. The van der Waals surface area contributed by atoms with E-state index in [0.29, 0.717) is 37.4 Å². The van der Waals surface area contributed by atoms with E-state index >= 15 is 0 Å². The fourth-order valence-electron chi connectivity index (χ4n) is 6.88. The maximum atomic E-state index is 14.0. The zero-order valence-electron chi connectivity index (χ0n) is 22.8. The molecule has 1 aliphatic carbocycles. The molecule has 3 aliphatic rings. The first-order valence-electron chi connectivity index (χ1n) is 14.1. The number of esters is 1. The number of nitrogens with one attached hydrogen (secondary N) is 3. The number of hydrogen-bond acceptors (Lipinski definition) is 7. The molecule has 212 valence electrons. The Labute approximate surface area is 228 Å². The van der Waals surface area contributed by atoms with E-state index in [4.69, 9.17) is 9.47 Å². The third-order valence-corrected chi connectivity index (χ3v) is 8.94. The van der Waals surface area contributed by atoms with Gasteiger partial charge in [-0.05, 0) is 62.1 Å². The van der Waals surface area contributed by atoms with Crippen LogP contribution >= 0.6 is 0 Å². The summed E-state index contributed by atoms with van der Waals surface area (Å²) in [6.07, 6.45) is 6.62. The number of nitrogens with zero attached hydrogens (tertiary/aromatic N) is 1. The van der Waals surface area contributed by atoms with Crippen molar-refractivity contribution >= 4 is 28.7 Å². The van der Waals surface area contributed by atoms with Crippen molar-refractivity contribution in [1.82, 2.24) is 20.5 Å². The molecule has 10 heteroatoms. The van der Waals surface area contributed by atoms with Crippen LogP contribution in [0.4, 0.5) is 0 Å². The number of ether oxygens (including phenoxy) is 2. The van der Waals surface area contributed by atoms with Crippen LogP contribution in [0.3, 0.4) is 0 Å². The van der Waals surface area contributed by atoms with Crippen LogP contribution < -0.4 is 15.4 Å². The molecular weight excluding hydrogens is 500 g/mol. The molecule has 1 saturated carbocycles. The van der Waals surface area contributed by atoms with Gasteiger partial charge in [-0.25, -0.2) is 0 Å². The lowest BCUT2D eigenvalue weighted by atomic mass is 9.72. The van der Waals surface area contributed by atoms with E-state index in [2.05, 4.69) is 15.6 Å². The average molecular weight is 541 g/mol. The Hall–Kier alpha value is -3.11. The molecule has 3 heterocycles. The lowest BCUT2D eigenvalue weighted by Gasteiger charge is -2.33. The first kappa shape index (κ1) is 27.5. The highest BCUT2D eigenvalue weighted by atomic mass is 16.5. The van der Waals surface area contributed by atoms with Crippen LogP contribution in [0.2, 0.25) is 0 Å². The number of rotatable bonds is 8. The normalized spacial score (nSPS) is 24.4. The number of fused-ring (bicyclic) bond motifs is 1. The number of likely N-dealkylation sites (tertiary alicyclic amines) is 1. The number of aliphatic hydroxyl groups is 1. The van der Waals surface area contributed by atoms with Crippen LogP contribution in [0.25, 0.3) is 10.9 Å². The van der Waals surface area contributed by atoms with E-state index in [1.807, 2.05) is 18.2 Å². The highest BCUT2D eigenvalue weighted by Gasteiger charge is 2.49. The minimum absolute atomic E-state index is 0.0606. The minimum atomic E-state index is -1.16. The van der Waals surface area contributed by atoms with Crippen molar-refractivity contribution in [2.24, 2.45) is 11.3 Å². The van der Waals surface area contributed by atoms with E-state index < -0.39 is 24.3 Å². The second-order valence-electron chi connectivity index (χ2n) is 11.4. The molecule has 3 fully saturated rings. The van der Waals surface area contributed by atoms with E-state index in [1.165, 1.54) is 13.5 Å². The zero-order valence-corrected chi connectivity index (χ0v) is 22.8. The van der Waals surface area contributed by atoms with Crippen LogP contribution in [0.15, 0.2) is 24.3 Å². The Kier molecular flexibility index (Phi) is 8.13. The summed E-state index contributed by atoms with van der Waals surface area (Å²) >= 11 is 0. The molecule has 2 saturated heterocycles. The molecule has 0 radical (unpaired) electrons. The van der Waals surface area contributed by atoms with Gasteiger partial charge in [0, 0.05) is 29.9 Å². The van der Waals surface area contributed by atoms with Gasteiger partial charge in [-0.1, -0.05) is 25.3 Å². The number of methoxy groups -OCH3 is 2. The molecule has 5 rings (SSSR count). The Morgan fingerprint density at radius 3 is 2.72 bits per heavy atom. The smallest absolute Gasteiger partial charge is 0.322 e. The predicted molar refractivity (Wildman–Crippen MR) is 145 cm³/mol. The van der Waals surface area contributed by atoms with Crippen molar-refractivity contribution in [2.75, 3.05) is 27.3 Å². The zero-order chi connectivity index (χ0) is 27.6. The van der Waals surface area contributed by atoms with Gasteiger partial charge in [0.1, 0.15) is 23.7 Å². The lowest BCUT2D eigenvalue weighted by Crippen LogP contribution is -2.55. The molecule has 1 aromatic heterocycles. The maximum Gasteiger partial charge on any atom is 0.322 e. The van der Waals surface area contributed by atoms with Crippen LogP contribution in [-0.4, -0.2) is 78.4 Å². The van der Waals surface area contributed by atoms with Crippen LogP contribution in [0, 0.1) is 11.3 Å². The molecule has 0 bridgehead atoms. The standard InChI is InChI=1S/C29H40N4O6/c1-38-24-10-6-9-20-19(24)15-21(31-20)27(36)33-17-29(11-4-3-5-12-29)16-23(33)26(35)32-22(28(37)39-2)14-18-8-7-13-30-25(18)34/h6,9-10,15,18,22-23,26,31-32,35H,3-5,7-8,11-14,16-17H2,1-2H3,(H,30,34)/t18-,22-,23?,26?/m0/s1. The summed E-state index contributed by atoms with van der Waals surface area (Å²) in [5, 5.41) is 18.3. The molecule has 2 amide bonds. The minimum Gasteiger partial charge on any atom is -0.496 e. The van der Waals surface area contributed by atoms with Gasteiger partial charge < -0.3 is 29.8 Å². The van der Waals surface area contributed by atoms with Crippen molar-refractivity contribution in [3.8, 4) is 5.75 Å². The second-order valence-corrected chi connectivity index (χ2v) is 11.4. The summed E-state index contributed by atoms with van der Waals surface area (Å²) in [6.45, 7) is 1.19. The summed E-state index contributed by atoms with van der Waals surface area (Å²) < 4.78 is 10.5. The summed E-state index contributed by atoms with van der Waals surface area (Å²) in [7, 11) is 2.90. The van der Waals surface area contributed by atoms with Gasteiger partial charge in [0.25, 0.3) is 5.91 Å². The number of aromatic nitrogens is 1. The molecule has 10 nitrogen and oxygen atoms in total. The first-order chi connectivity index (χ1) is 18.8. The van der Waals surface area contributed by atoms with E-state index in [-0.39, 0.29) is 29.6 Å². The van der Waals surface area contributed by atoms with Crippen molar-refractivity contribution in [2.45, 2.75) is 76.1 Å². The summed E-state index contributed by atoms with van der Waals surface area (Å²) in [4.78, 5) is 44.1. The van der Waals surface area contributed by atoms with E-state index in [1.54, 1.807) is 18.1 Å². The average Bonchev–Trinajstić information content (AvgIpc) is 3.55. The van der Waals surface area contributed by atoms with Crippen molar-refractivity contribution in [3.63, 3.8) is 0 Å². The fourth-order valence-corrected chi connectivity index (χ4v) is 6.88. The monoisotopic (exact) mass is 540 g/mol. The van der Waals surface area contributed by atoms with Crippen LogP contribution in [-0.2, 0) is 14.3 Å². The molecule has 4 N–H and O–H groups in total. The second kappa shape index (κ2) is 11.6. The number of aromatic amines is 1. The number of benzene rings is 1. The molecule has 2 unspecified atom stereocenters. The molecule has 2 aliphatic heterocycles. The number of amides is 2. The molecule has 39 heavy (non-hydrogen) atoms. The number of H-pyrrole nitrogens is 1. The Morgan fingerprint density at radius 1 is 1.21 bits per heavy atom. The first-order valence-corrected chi connectivity index (χ1v) is 14.1. The van der Waals surface area contributed by atoms with Gasteiger partial charge in [-0.2, -0.15) is 0 Å². The number of hydrogen-bond donors (Lipinski definition) is 4. The molecular formula is C29H40N4O6. The summed E-state index contributed by atoms with van der Waals surface area (Å²) in [5.41, 5.74) is 1.17. The number of piperidine rings is 1. The Morgan fingerprint density at radius 2 is 2.00 bits per heavy atom. The van der Waals surface area contributed by atoms with E-state index in [9.17, 15) is 19.5 Å². The van der Waals surface area contributed by atoms with Gasteiger partial charge in [0.15, 0.2) is 0 Å². The van der Waals surface area contributed by atoms with Crippen molar-refractivity contribution in [3.05, 3.63) is 30.0 Å². The van der Waals surface area contributed by atoms with Crippen molar-refractivity contribution in [1.29, 1.82) is 0 Å². The van der Waals surface area contributed by atoms with Gasteiger partial charge in [0.05, 0.1) is 20.3 Å². The third-order valence-electron chi connectivity index (χ3n) is 8.94. The van der Waals surface area contributed by atoms with Gasteiger partial charge in [-0.3, -0.25) is 19.7 Å². The van der Waals surface area contributed by atoms with Crippen molar-refractivity contribution < 1.29 is 29.0 Å². The summed E-state index contributed by atoms with van der Waals surface area (Å²) in [5.74, 6) is -0.463. The summed E-state index contributed by atoms with van der Waals surface area (Å²) in [6, 6.07) is 6.03. The fraction of sp³-hybridized carbons (Fsp3) is 0.621. The Bertz CT molecular complexity index is 1210. The Balaban J connectivity index is 1.40. The molecule has 1 aromatic carbocycles. The van der Waals surface area contributed by atoms with E-state index in [0.717, 1.165) is 43.0 Å². The SMILES string of the molecule is COC(=O)[C@H](C[C@@H]1CCCNC1=O)NC(O)C1CC2(CCCCC2)CN1C(=O)c1cc2c(OC)cccc2[nH]1. The largest absolute Gasteiger partial charge is 0.496 e. The number of aliphatic hydroxyl groups excluding tert-OH is 1. The van der Waals surface area contributed by atoms with Crippen LogP contribution in [0.5, 0.6) is 5.75 Å². The number of carbonyl (C=O) groups is 3. The highest BCUT2D eigenvalue weighted by molar-refractivity contribution is 6.00. The highest BCUT2D eigenvalue weighted by Crippen LogP contribution is 2.47. The molecule has 1 spiro atoms. The quantitative estimate of drug-likeness (QED) is 0.299.